The Bertz CT molecular complexity index is 722. The van der Waals surface area contributed by atoms with E-state index in [1.54, 1.807) is 0 Å². The average molecular weight is 295 g/mol. The molecule has 0 saturated carbocycles. The summed E-state index contributed by atoms with van der Waals surface area (Å²) >= 11 is 6.14. The summed E-state index contributed by atoms with van der Waals surface area (Å²) in [4.78, 5) is 0. The third-order valence-corrected chi connectivity index (χ3v) is 3.66. The fraction of sp³-hybridized carbons (Fsp3) is 0.0526. The second-order valence-electron chi connectivity index (χ2n) is 4.77. The smallest absolute Gasteiger partial charge is 0.120 e. The highest BCUT2D eigenvalue weighted by molar-refractivity contribution is 6.31. The van der Waals surface area contributed by atoms with Gasteiger partial charge in [0.25, 0.3) is 0 Å². The van der Waals surface area contributed by atoms with Gasteiger partial charge >= 0.3 is 0 Å². The van der Waals surface area contributed by atoms with Crippen molar-refractivity contribution in [2.24, 2.45) is 0 Å². The van der Waals surface area contributed by atoms with Gasteiger partial charge in [-0.2, -0.15) is 0 Å². The predicted molar refractivity (Wildman–Crippen MR) is 87.7 cm³/mol. The van der Waals surface area contributed by atoms with E-state index in [1.165, 1.54) is 5.56 Å². The zero-order valence-corrected chi connectivity index (χ0v) is 12.3. The van der Waals surface area contributed by atoms with Crippen molar-refractivity contribution in [3.05, 3.63) is 89.4 Å². The van der Waals surface area contributed by atoms with Crippen molar-refractivity contribution < 1.29 is 4.74 Å². The molecule has 0 fully saturated rings. The van der Waals surface area contributed by atoms with Crippen LogP contribution >= 0.6 is 11.6 Å². The Morgan fingerprint density at radius 2 is 1.43 bits per heavy atom. The van der Waals surface area contributed by atoms with E-state index in [4.69, 9.17) is 16.3 Å². The average Bonchev–Trinajstić information content (AvgIpc) is 2.55. The van der Waals surface area contributed by atoms with Crippen molar-refractivity contribution in [2.45, 2.75) is 6.61 Å². The molecular weight excluding hydrogens is 280 g/mol. The topological polar surface area (TPSA) is 9.23 Å². The van der Waals surface area contributed by atoms with Crippen LogP contribution in [0, 0.1) is 0 Å². The largest absolute Gasteiger partial charge is 0.489 e. The van der Waals surface area contributed by atoms with Crippen LogP contribution in [0.3, 0.4) is 0 Å². The lowest BCUT2D eigenvalue weighted by Gasteiger charge is -2.09. The van der Waals surface area contributed by atoms with Gasteiger partial charge in [0.1, 0.15) is 12.4 Å². The van der Waals surface area contributed by atoms with Crippen LogP contribution in [0.5, 0.6) is 5.75 Å². The van der Waals surface area contributed by atoms with Crippen LogP contribution in [-0.2, 0) is 6.61 Å². The van der Waals surface area contributed by atoms with Gasteiger partial charge in [-0.1, -0.05) is 72.3 Å². The molecule has 0 N–H and O–H groups in total. The van der Waals surface area contributed by atoms with Gasteiger partial charge in [0, 0.05) is 10.6 Å². The van der Waals surface area contributed by atoms with E-state index in [9.17, 15) is 0 Å². The van der Waals surface area contributed by atoms with Crippen molar-refractivity contribution in [1.82, 2.24) is 0 Å². The molecule has 0 spiro atoms. The van der Waals surface area contributed by atoms with E-state index < -0.39 is 0 Å². The van der Waals surface area contributed by atoms with Crippen LogP contribution in [0.2, 0.25) is 5.02 Å². The van der Waals surface area contributed by atoms with Gasteiger partial charge in [-0.25, -0.2) is 0 Å². The molecule has 2 heteroatoms. The number of halogens is 1. The van der Waals surface area contributed by atoms with Gasteiger partial charge in [0.15, 0.2) is 0 Å². The van der Waals surface area contributed by atoms with Crippen LogP contribution in [0.1, 0.15) is 5.56 Å². The molecule has 0 atom stereocenters. The second kappa shape index (κ2) is 6.47. The molecule has 0 amide bonds. The molecule has 0 unspecified atom stereocenters. The van der Waals surface area contributed by atoms with Crippen LogP contribution in [0.15, 0.2) is 78.9 Å². The molecule has 0 aliphatic rings. The van der Waals surface area contributed by atoms with E-state index in [2.05, 4.69) is 18.2 Å². The number of rotatable bonds is 4. The minimum absolute atomic E-state index is 0.470. The maximum Gasteiger partial charge on any atom is 0.120 e. The molecule has 0 aromatic heterocycles. The Kier molecular flexibility index (Phi) is 4.23. The van der Waals surface area contributed by atoms with Crippen molar-refractivity contribution >= 4 is 11.6 Å². The van der Waals surface area contributed by atoms with Gasteiger partial charge < -0.3 is 4.74 Å². The minimum atomic E-state index is 0.470. The van der Waals surface area contributed by atoms with Crippen molar-refractivity contribution in [1.29, 1.82) is 0 Å². The third-order valence-electron chi connectivity index (χ3n) is 3.29. The van der Waals surface area contributed by atoms with Gasteiger partial charge in [0.05, 0.1) is 0 Å². The maximum absolute atomic E-state index is 6.14. The fourth-order valence-electron chi connectivity index (χ4n) is 2.17. The van der Waals surface area contributed by atoms with Gasteiger partial charge in [-0.3, -0.25) is 0 Å². The van der Waals surface area contributed by atoms with E-state index in [-0.39, 0.29) is 0 Å². The Balaban J connectivity index is 1.77. The Labute approximate surface area is 129 Å². The lowest BCUT2D eigenvalue weighted by Crippen LogP contribution is -1.96. The Morgan fingerprint density at radius 1 is 0.714 bits per heavy atom. The molecule has 104 valence electrons. The number of ether oxygens (including phenoxy) is 1. The van der Waals surface area contributed by atoms with E-state index in [0.29, 0.717) is 6.61 Å². The lowest BCUT2D eigenvalue weighted by molar-refractivity contribution is 0.306. The molecule has 1 nitrogen and oxygen atoms in total. The van der Waals surface area contributed by atoms with E-state index in [1.807, 2.05) is 60.7 Å². The first kappa shape index (κ1) is 13.7. The van der Waals surface area contributed by atoms with Crippen molar-refractivity contribution in [2.75, 3.05) is 0 Å². The zero-order chi connectivity index (χ0) is 14.5. The highest BCUT2D eigenvalue weighted by atomic mass is 35.5. The summed E-state index contributed by atoms with van der Waals surface area (Å²) in [5.74, 6) is 0.844. The van der Waals surface area contributed by atoms with Gasteiger partial charge in [-0.15, -0.1) is 0 Å². The van der Waals surface area contributed by atoms with Crippen molar-refractivity contribution in [3.8, 4) is 16.9 Å². The molecule has 3 aromatic rings. The Morgan fingerprint density at radius 3 is 2.24 bits per heavy atom. The Hall–Kier alpha value is -2.25. The fourth-order valence-corrected chi connectivity index (χ4v) is 2.36. The van der Waals surface area contributed by atoms with Gasteiger partial charge in [0.2, 0.25) is 0 Å². The molecule has 0 bridgehead atoms. The second-order valence-corrected chi connectivity index (χ2v) is 5.18. The molecule has 0 radical (unpaired) electrons. The molecule has 0 aliphatic heterocycles. The quantitative estimate of drug-likeness (QED) is 0.610. The number of hydrogen-bond donors (Lipinski definition) is 0. The summed E-state index contributed by atoms with van der Waals surface area (Å²) in [6, 6.07) is 26.1. The van der Waals surface area contributed by atoms with Crippen molar-refractivity contribution in [3.63, 3.8) is 0 Å². The summed E-state index contributed by atoms with van der Waals surface area (Å²) < 4.78 is 5.85. The summed E-state index contributed by atoms with van der Waals surface area (Å²) in [7, 11) is 0. The predicted octanol–water partition coefficient (Wildman–Crippen LogP) is 5.59. The molecular formula is C19H15ClO. The highest BCUT2D eigenvalue weighted by Gasteiger charge is 2.02. The monoisotopic (exact) mass is 294 g/mol. The summed E-state index contributed by atoms with van der Waals surface area (Å²) in [5.41, 5.74) is 3.32. The molecule has 3 aromatic carbocycles. The maximum atomic E-state index is 6.14. The SMILES string of the molecule is Clc1ccccc1COc1cccc(-c2ccccc2)c1. The van der Waals surface area contributed by atoms with Crippen LogP contribution in [0.4, 0.5) is 0 Å². The highest BCUT2D eigenvalue weighted by Crippen LogP contribution is 2.25. The molecule has 21 heavy (non-hydrogen) atoms. The van der Waals surface area contributed by atoms with Crippen LogP contribution < -0.4 is 4.74 Å². The lowest BCUT2D eigenvalue weighted by atomic mass is 10.1. The van der Waals surface area contributed by atoms with Gasteiger partial charge in [-0.05, 0) is 29.3 Å². The first-order valence-corrected chi connectivity index (χ1v) is 7.22. The molecule has 0 heterocycles. The number of benzene rings is 3. The third kappa shape index (κ3) is 3.45. The first-order valence-electron chi connectivity index (χ1n) is 6.84. The van der Waals surface area contributed by atoms with E-state index in [0.717, 1.165) is 21.9 Å². The molecule has 0 saturated heterocycles. The molecule has 0 aliphatic carbocycles. The normalized spacial score (nSPS) is 10.3. The summed E-state index contributed by atoms with van der Waals surface area (Å²) in [5, 5.41) is 0.733. The molecule has 3 rings (SSSR count). The van der Waals surface area contributed by atoms with E-state index >= 15 is 0 Å². The first-order chi connectivity index (χ1) is 10.3. The minimum Gasteiger partial charge on any atom is -0.489 e. The standard InChI is InChI=1S/C19H15ClO/c20-19-12-5-4-9-17(19)14-21-18-11-6-10-16(13-18)15-7-2-1-3-8-15/h1-13H,14H2. The number of hydrogen-bond acceptors (Lipinski definition) is 1. The summed E-state index contributed by atoms with van der Waals surface area (Å²) in [6.07, 6.45) is 0. The zero-order valence-electron chi connectivity index (χ0n) is 11.5. The van der Waals surface area contributed by atoms with Crippen LogP contribution in [-0.4, -0.2) is 0 Å². The van der Waals surface area contributed by atoms with Crippen LogP contribution in [0.25, 0.3) is 11.1 Å². The summed E-state index contributed by atoms with van der Waals surface area (Å²) in [6.45, 7) is 0.470.